The fourth-order valence-corrected chi connectivity index (χ4v) is 9.99. The molecule has 4 heterocycles. The van der Waals surface area contributed by atoms with E-state index in [9.17, 15) is 57.6 Å². The van der Waals surface area contributed by atoms with Gasteiger partial charge in [-0.3, -0.25) is 28.9 Å². The summed E-state index contributed by atoms with van der Waals surface area (Å²) < 4.78 is 61.4. The smallest absolute Gasteiger partial charge is 0.335 e. The summed E-state index contributed by atoms with van der Waals surface area (Å²) in [7, 11) is -3.67. The average molecular weight is 1140 g/mol. The van der Waals surface area contributed by atoms with Gasteiger partial charge >= 0.3 is 5.97 Å². The molecule has 2 aliphatic heterocycles. The van der Waals surface area contributed by atoms with Crippen LogP contribution in [-0.2, 0) is 71.5 Å². The topological polar surface area (TPSA) is 321 Å². The minimum Gasteiger partial charge on any atom is -0.479 e. The number of amides is 4. The van der Waals surface area contributed by atoms with E-state index in [1.54, 1.807) is 80.7 Å². The highest BCUT2D eigenvalue weighted by Crippen LogP contribution is 2.32. The van der Waals surface area contributed by atoms with Crippen molar-refractivity contribution >= 4 is 50.9 Å². The molecule has 0 saturated carbocycles. The molecule has 24 heteroatoms. The van der Waals surface area contributed by atoms with Crippen LogP contribution in [0, 0.1) is 27.2 Å². The van der Waals surface area contributed by atoms with Gasteiger partial charge in [0.15, 0.2) is 40.7 Å². The molecule has 2 saturated heterocycles. The summed E-state index contributed by atoms with van der Waals surface area (Å²) in [5.74, 6) is -3.16. The molecule has 2 aliphatic rings. The minimum atomic E-state index is -3.67. The van der Waals surface area contributed by atoms with Crippen LogP contribution in [0.25, 0.3) is 11.5 Å². The Kier molecular flexibility index (Phi) is 22.9. The number of aliphatic hydroxyl groups is 3. The quantitative estimate of drug-likeness (QED) is 0.0132. The molecular formula is C57H69N5O18S. The first-order valence-electron chi connectivity index (χ1n) is 26.0. The Morgan fingerprint density at radius 1 is 0.815 bits per heavy atom. The van der Waals surface area contributed by atoms with E-state index in [1.807, 2.05) is 29.8 Å². The van der Waals surface area contributed by atoms with Gasteiger partial charge in [-0.05, 0) is 68.8 Å². The number of ketones is 1. The third-order valence-corrected chi connectivity index (χ3v) is 14.8. The molecule has 0 aliphatic carbocycles. The zero-order chi connectivity index (χ0) is 57.5. The number of anilines is 1. The normalized spacial score (nSPS) is 19.0. The zero-order valence-corrected chi connectivity index (χ0v) is 46.3. The Labute approximate surface area is 469 Å². The lowest BCUT2D eigenvalue weighted by molar-refractivity contribution is -0.688. The van der Waals surface area contributed by atoms with E-state index in [4.69, 9.17) is 28.1 Å². The predicted molar refractivity (Wildman–Crippen MR) is 289 cm³/mol. The van der Waals surface area contributed by atoms with Crippen molar-refractivity contribution in [1.82, 2.24) is 15.2 Å². The molecule has 81 heavy (non-hydrogen) atoms. The first-order chi connectivity index (χ1) is 38.3. The Balaban J connectivity index is 0.0000106. The molecule has 6 N–H and O–H groups in total. The monoisotopic (exact) mass is 1140 g/mol. The number of Topliss-reactive ketones (excluding diaryl/α,β-unsaturated/α-hetero) is 1. The van der Waals surface area contributed by atoms with Gasteiger partial charge in [-0.2, -0.15) is 0 Å². The maximum absolute atomic E-state index is 13.4. The number of nitrogens with zero attached hydrogens (tertiary/aromatic N) is 3. The van der Waals surface area contributed by atoms with Crippen molar-refractivity contribution in [2.75, 3.05) is 58.0 Å². The van der Waals surface area contributed by atoms with Crippen LogP contribution in [0.15, 0.2) is 101 Å². The van der Waals surface area contributed by atoms with Crippen LogP contribution >= 0.6 is 0 Å². The Hall–Kier alpha value is -7.29. The highest BCUT2D eigenvalue weighted by molar-refractivity contribution is 7.90. The van der Waals surface area contributed by atoms with Gasteiger partial charge < -0.3 is 66.6 Å². The van der Waals surface area contributed by atoms with Gasteiger partial charge in [0.1, 0.15) is 35.6 Å². The van der Waals surface area contributed by atoms with E-state index >= 15 is 0 Å². The van der Waals surface area contributed by atoms with Crippen molar-refractivity contribution < 1.29 is 90.3 Å². The number of aryl methyl sites for hydroxylation is 3. The molecule has 0 spiro atoms. The number of carbonyl (C=O) groups is 6. The van der Waals surface area contributed by atoms with E-state index in [0.29, 0.717) is 34.6 Å². The number of imide groups is 1. The van der Waals surface area contributed by atoms with Crippen molar-refractivity contribution in [3.63, 3.8) is 0 Å². The average Bonchev–Trinajstić information content (AvgIpc) is 3.96. The molecular weight excluding hydrogens is 1070 g/mol. The van der Waals surface area contributed by atoms with Crippen molar-refractivity contribution in [3.05, 3.63) is 132 Å². The maximum atomic E-state index is 13.4. The lowest BCUT2D eigenvalue weighted by Gasteiger charge is -2.38. The van der Waals surface area contributed by atoms with Crippen molar-refractivity contribution in [1.29, 1.82) is 0 Å². The third kappa shape index (κ3) is 17.6. The van der Waals surface area contributed by atoms with Crippen LogP contribution in [-0.4, -0.2) is 158 Å². The number of pyridine rings is 1. The van der Waals surface area contributed by atoms with Crippen LogP contribution < -0.4 is 19.9 Å². The molecule has 436 valence electrons. The number of carboxylic acid groups (broad SMARTS) is 1. The molecule has 5 aromatic rings. The second kappa shape index (κ2) is 29.4. The van der Waals surface area contributed by atoms with Crippen LogP contribution in [0.5, 0.6) is 5.75 Å². The zero-order valence-electron chi connectivity index (χ0n) is 45.5. The number of nitrogens with one attached hydrogen (secondary N) is 2. The first-order valence-corrected chi connectivity index (χ1v) is 27.6. The summed E-state index contributed by atoms with van der Waals surface area (Å²) >= 11 is 0. The molecule has 3 aromatic carbocycles. The number of carbonyl (C=O) groups excluding carboxylic acids is 5. The number of hydrogen-bond donors (Lipinski definition) is 6. The molecule has 2 fully saturated rings. The van der Waals surface area contributed by atoms with E-state index < -0.39 is 52.4 Å². The second-order valence-corrected chi connectivity index (χ2v) is 21.4. The molecule has 1 unspecified atom stereocenters. The Morgan fingerprint density at radius 2 is 1.51 bits per heavy atom. The maximum Gasteiger partial charge on any atom is 0.335 e. The predicted octanol–water partition coefficient (Wildman–Crippen LogP) is 3.08. The number of benzene rings is 3. The number of sulfone groups is 1. The van der Waals surface area contributed by atoms with Crippen molar-refractivity contribution in [2.45, 2.75) is 101 Å². The van der Waals surface area contributed by atoms with Crippen LogP contribution in [0.4, 0.5) is 5.69 Å². The van der Waals surface area contributed by atoms with E-state index in [2.05, 4.69) is 15.6 Å². The standard InChI is InChI=1S/C56H65N5O18S.CH3/c1-34-6-14-41(15-7-34)80(72,73)33-43-36(3)77-53(59-43)40-12-10-39(11-13-40)44(62)16-8-37-5-4-21-60(31-37)32-38-9-17-45(78-56-51(68)49(66)50(67)52(79-56)55(70)71)42(30-38)58-47(64)18-20-57-46(63)19-23-74-25-27-76-28-26-75-24-22-61-48(65)29-35(2)54(61)69;/h4-7,9-15,17,21,30-31,35,49-52,56,66-68H,8,16,18-20,22-29,32-33H2,1-3H3,(H2-,57,58,63,64,70,71);1H3/q;-1/p+1/t35?,49-,50-,51+,52-,56+;/m0./s1. The van der Waals surface area contributed by atoms with Gasteiger partial charge in [-0.25, -0.2) is 22.8 Å². The van der Waals surface area contributed by atoms with Gasteiger partial charge in [0.2, 0.25) is 35.8 Å². The Bertz CT molecular complexity index is 3100. The summed E-state index contributed by atoms with van der Waals surface area (Å²) in [6.07, 6.45) is -5.25. The number of aromatic nitrogens is 2. The van der Waals surface area contributed by atoms with Gasteiger partial charge in [0.25, 0.3) is 0 Å². The molecule has 0 bridgehead atoms. The number of hydrogen-bond acceptors (Lipinski definition) is 18. The number of aliphatic hydroxyl groups excluding tert-OH is 3. The first kappa shape index (κ1) is 62.9. The van der Waals surface area contributed by atoms with Crippen molar-refractivity contribution in [2.24, 2.45) is 5.92 Å². The van der Waals surface area contributed by atoms with Gasteiger partial charge in [0.05, 0.1) is 62.5 Å². The number of rotatable bonds is 29. The SMILES string of the molecule is Cc1ccc(S(=O)(=O)Cc2nc(-c3ccc(C(=O)CCc4ccc[n+](Cc5ccc(O[C@@H]6O[C@H](C(=O)O)[C@@H](O)[C@H](O)[C@H]6O)c(NC(=O)CCNC(=O)CCOCCOCCOCCN6C(=O)CC(C)C6=O)c5)c4)cc3)oc2C)cc1.[CH3-]. The van der Waals surface area contributed by atoms with E-state index in [1.165, 1.54) is 11.0 Å². The molecule has 4 amide bonds. The molecule has 2 aromatic heterocycles. The number of oxazole rings is 1. The fourth-order valence-electron chi connectivity index (χ4n) is 8.64. The highest BCUT2D eigenvalue weighted by atomic mass is 32.2. The van der Waals surface area contributed by atoms with Crippen LogP contribution in [0.3, 0.4) is 0 Å². The van der Waals surface area contributed by atoms with Crippen molar-refractivity contribution in [3.8, 4) is 17.2 Å². The van der Waals surface area contributed by atoms with Gasteiger partial charge in [-0.1, -0.05) is 36.8 Å². The molecule has 7 rings (SSSR count). The fraction of sp³-hybridized carbons (Fsp3) is 0.421. The Morgan fingerprint density at radius 3 is 2.19 bits per heavy atom. The molecule has 0 radical (unpaired) electrons. The van der Waals surface area contributed by atoms with Gasteiger partial charge in [-0.15, -0.1) is 0 Å². The largest absolute Gasteiger partial charge is 0.479 e. The lowest BCUT2D eigenvalue weighted by Crippen LogP contribution is -2.61. The van der Waals surface area contributed by atoms with E-state index in [-0.39, 0.29) is 150 Å². The van der Waals surface area contributed by atoms with Crippen LogP contribution in [0.1, 0.15) is 71.1 Å². The second-order valence-electron chi connectivity index (χ2n) is 19.4. The van der Waals surface area contributed by atoms with Gasteiger partial charge in [0, 0.05) is 66.5 Å². The molecule has 6 atom stereocenters. The highest BCUT2D eigenvalue weighted by Gasteiger charge is 2.48. The summed E-state index contributed by atoms with van der Waals surface area (Å²) in [5.41, 5.74) is 3.83. The number of ether oxygens (including phenoxy) is 5. The minimum absolute atomic E-state index is 0. The summed E-state index contributed by atoms with van der Waals surface area (Å²) in [5, 5.41) is 46.3. The summed E-state index contributed by atoms with van der Waals surface area (Å²) in [6, 6.07) is 21.7. The number of carboxylic acids is 1. The summed E-state index contributed by atoms with van der Waals surface area (Å²) in [6.45, 7) is 6.90. The third-order valence-electron chi connectivity index (χ3n) is 13.2. The molecule has 23 nitrogen and oxygen atoms in total. The number of likely N-dealkylation sites (tertiary alicyclic amines) is 1. The number of aliphatic carboxylic acids is 1. The van der Waals surface area contributed by atoms with E-state index in [0.717, 1.165) is 11.1 Å². The summed E-state index contributed by atoms with van der Waals surface area (Å²) in [4.78, 5) is 80.7. The lowest BCUT2D eigenvalue weighted by atomic mass is 9.99. The van der Waals surface area contributed by atoms with Crippen LogP contribution in [0.2, 0.25) is 0 Å².